The zero-order chi connectivity index (χ0) is 13.3. The summed E-state index contributed by atoms with van der Waals surface area (Å²) in [6.45, 7) is 5.12. The molecular formula is C15H25N3O. The third-order valence-corrected chi connectivity index (χ3v) is 4.90. The Bertz CT molecular complexity index is 363. The van der Waals surface area contributed by atoms with Gasteiger partial charge < -0.3 is 4.74 Å². The van der Waals surface area contributed by atoms with Crippen LogP contribution in [0.3, 0.4) is 0 Å². The fourth-order valence-corrected chi connectivity index (χ4v) is 3.54. The maximum Gasteiger partial charge on any atom is 0.108 e. The zero-order valence-electron chi connectivity index (χ0n) is 11.9. The molecule has 0 amide bonds. The molecule has 4 heteroatoms. The van der Waals surface area contributed by atoms with Crippen molar-refractivity contribution in [3.05, 3.63) is 0 Å². The Morgan fingerprint density at radius 1 is 1.42 bits per heavy atom. The molecule has 0 spiro atoms. The van der Waals surface area contributed by atoms with Crippen LogP contribution >= 0.6 is 0 Å². The minimum atomic E-state index is -0.244. The van der Waals surface area contributed by atoms with Crippen molar-refractivity contribution >= 4 is 0 Å². The fourth-order valence-electron chi connectivity index (χ4n) is 3.54. The zero-order valence-corrected chi connectivity index (χ0v) is 11.9. The summed E-state index contributed by atoms with van der Waals surface area (Å²) < 4.78 is 5.75. The summed E-state index contributed by atoms with van der Waals surface area (Å²) in [6.07, 6.45) is 7.15. The first-order valence-corrected chi connectivity index (χ1v) is 7.79. The van der Waals surface area contributed by atoms with Crippen LogP contribution in [0.15, 0.2) is 0 Å². The Balaban J connectivity index is 1.59. The number of hydrogen-bond acceptors (Lipinski definition) is 4. The molecule has 3 fully saturated rings. The maximum atomic E-state index is 9.55. The highest BCUT2D eigenvalue weighted by atomic mass is 16.5. The van der Waals surface area contributed by atoms with Crippen molar-refractivity contribution in [3.63, 3.8) is 0 Å². The summed E-state index contributed by atoms with van der Waals surface area (Å²) in [5.74, 6) is 0. The van der Waals surface area contributed by atoms with Gasteiger partial charge >= 0.3 is 0 Å². The minimum absolute atomic E-state index is 0.244. The highest BCUT2D eigenvalue weighted by molar-refractivity contribution is 5.15. The van der Waals surface area contributed by atoms with E-state index < -0.39 is 0 Å². The largest absolute Gasteiger partial charge is 0.376 e. The molecule has 106 valence electrons. The molecule has 19 heavy (non-hydrogen) atoms. The van der Waals surface area contributed by atoms with E-state index in [4.69, 9.17) is 4.74 Å². The van der Waals surface area contributed by atoms with E-state index in [2.05, 4.69) is 23.2 Å². The van der Waals surface area contributed by atoms with Gasteiger partial charge in [-0.1, -0.05) is 6.92 Å². The predicted octanol–water partition coefficient (Wildman–Crippen LogP) is 1.66. The van der Waals surface area contributed by atoms with Gasteiger partial charge in [0.1, 0.15) is 5.54 Å². The Hall–Kier alpha value is -0.630. The van der Waals surface area contributed by atoms with Crippen LogP contribution in [-0.2, 0) is 4.74 Å². The lowest BCUT2D eigenvalue weighted by atomic mass is 9.99. The molecule has 3 rings (SSSR count). The van der Waals surface area contributed by atoms with E-state index in [0.29, 0.717) is 18.2 Å². The van der Waals surface area contributed by atoms with Crippen LogP contribution in [0.5, 0.6) is 0 Å². The number of nitrogens with one attached hydrogen (secondary N) is 1. The Kier molecular flexibility index (Phi) is 3.79. The van der Waals surface area contributed by atoms with Crippen molar-refractivity contribution in [2.24, 2.45) is 0 Å². The molecule has 2 saturated carbocycles. The van der Waals surface area contributed by atoms with E-state index >= 15 is 0 Å². The Morgan fingerprint density at radius 3 is 2.95 bits per heavy atom. The molecule has 1 heterocycles. The molecule has 0 radical (unpaired) electrons. The number of ether oxygens (including phenoxy) is 1. The van der Waals surface area contributed by atoms with E-state index in [1.54, 1.807) is 0 Å². The van der Waals surface area contributed by atoms with Gasteiger partial charge in [-0.3, -0.25) is 10.2 Å². The predicted molar refractivity (Wildman–Crippen MR) is 73.7 cm³/mol. The van der Waals surface area contributed by atoms with Gasteiger partial charge in [0, 0.05) is 25.2 Å². The van der Waals surface area contributed by atoms with Crippen LogP contribution in [0.2, 0.25) is 0 Å². The number of nitriles is 1. The summed E-state index contributed by atoms with van der Waals surface area (Å²) in [6, 6.07) is 3.76. The molecule has 4 nitrogen and oxygen atoms in total. The Morgan fingerprint density at radius 2 is 2.26 bits per heavy atom. The lowest BCUT2D eigenvalue weighted by molar-refractivity contribution is -0.0440. The van der Waals surface area contributed by atoms with Crippen LogP contribution < -0.4 is 5.32 Å². The molecule has 0 aromatic heterocycles. The molecule has 1 N–H and O–H groups in total. The van der Waals surface area contributed by atoms with E-state index in [0.717, 1.165) is 45.4 Å². The van der Waals surface area contributed by atoms with Gasteiger partial charge in [-0.05, 0) is 38.5 Å². The molecule has 3 aliphatic rings. The van der Waals surface area contributed by atoms with E-state index in [9.17, 15) is 5.26 Å². The molecule has 1 aliphatic heterocycles. The van der Waals surface area contributed by atoms with E-state index in [-0.39, 0.29) is 5.54 Å². The van der Waals surface area contributed by atoms with Crippen molar-refractivity contribution in [3.8, 4) is 6.07 Å². The van der Waals surface area contributed by atoms with Crippen LogP contribution in [0.25, 0.3) is 0 Å². The average molecular weight is 263 g/mol. The first kappa shape index (κ1) is 13.4. The summed E-state index contributed by atoms with van der Waals surface area (Å²) >= 11 is 0. The summed E-state index contributed by atoms with van der Waals surface area (Å²) in [7, 11) is 0. The topological polar surface area (TPSA) is 48.3 Å². The van der Waals surface area contributed by atoms with Gasteiger partial charge in [-0.15, -0.1) is 0 Å². The smallest absolute Gasteiger partial charge is 0.108 e. The minimum Gasteiger partial charge on any atom is -0.376 e. The lowest BCUT2D eigenvalue weighted by Crippen LogP contribution is -2.49. The van der Waals surface area contributed by atoms with Gasteiger partial charge in [0.2, 0.25) is 0 Å². The molecule has 3 unspecified atom stereocenters. The van der Waals surface area contributed by atoms with Crippen molar-refractivity contribution in [1.82, 2.24) is 10.2 Å². The molecule has 0 aromatic rings. The molecule has 2 aliphatic carbocycles. The number of rotatable bonds is 4. The molecule has 1 saturated heterocycles. The van der Waals surface area contributed by atoms with Crippen LogP contribution in [-0.4, -0.2) is 48.3 Å². The van der Waals surface area contributed by atoms with Gasteiger partial charge in [0.05, 0.1) is 18.8 Å². The molecule has 3 atom stereocenters. The summed E-state index contributed by atoms with van der Waals surface area (Å²) in [4.78, 5) is 2.56. The van der Waals surface area contributed by atoms with Gasteiger partial charge in [0.25, 0.3) is 0 Å². The monoisotopic (exact) mass is 263 g/mol. The first-order valence-electron chi connectivity index (χ1n) is 7.79. The highest BCUT2D eigenvalue weighted by Gasteiger charge is 2.44. The van der Waals surface area contributed by atoms with Crippen molar-refractivity contribution < 1.29 is 4.74 Å². The normalized spacial score (nSPS) is 40.2. The molecule has 0 aromatic carbocycles. The van der Waals surface area contributed by atoms with Crippen molar-refractivity contribution in [2.45, 2.75) is 69.2 Å². The van der Waals surface area contributed by atoms with Gasteiger partial charge in [0.15, 0.2) is 0 Å². The SMILES string of the molecule is CCC1CN(C2CCC(C#N)(NC3CC3)C2)CCO1. The quantitative estimate of drug-likeness (QED) is 0.838. The van der Waals surface area contributed by atoms with Crippen LogP contribution in [0.1, 0.15) is 45.4 Å². The second-order valence-corrected chi connectivity index (χ2v) is 6.41. The van der Waals surface area contributed by atoms with Crippen molar-refractivity contribution in [2.75, 3.05) is 19.7 Å². The third kappa shape index (κ3) is 2.94. The highest BCUT2D eigenvalue weighted by Crippen LogP contribution is 2.36. The number of morpholine rings is 1. The van der Waals surface area contributed by atoms with Crippen molar-refractivity contribution in [1.29, 1.82) is 5.26 Å². The number of hydrogen-bond donors (Lipinski definition) is 1. The second kappa shape index (κ2) is 5.40. The second-order valence-electron chi connectivity index (χ2n) is 6.41. The van der Waals surface area contributed by atoms with Crippen LogP contribution in [0.4, 0.5) is 0 Å². The van der Waals surface area contributed by atoms with Gasteiger partial charge in [-0.2, -0.15) is 5.26 Å². The van der Waals surface area contributed by atoms with Gasteiger partial charge in [-0.25, -0.2) is 0 Å². The summed E-state index contributed by atoms with van der Waals surface area (Å²) in [5.41, 5.74) is -0.244. The van der Waals surface area contributed by atoms with Crippen LogP contribution in [0, 0.1) is 11.3 Å². The molecular weight excluding hydrogens is 238 g/mol. The number of nitrogens with zero attached hydrogens (tertiary/aromatic N) is 2. The Labute approximate surface area is 116 Å². The maximum absolute atomic E-state index is 9.55. The third-order valence-electron chi connectivity index (χ3n) is 4.90. The molecule has 0 bridgehead atoms. The fraction of sp³-hybridized carbons (Fsp3) is 0.933. The lowest BCUT2D eigenvalue weighted by Gasteiger charge is -2.37. The summed E-state index contributed by atoms with van der Waals surface area (Å²) in [5, 5.41) is 13.1. The first-order chi connectivity index (χ1) is 9.24. The van der Waals surface area contributed by atoms with E-state index in [1.807, 2.05) is 0 Å². The van der Waals surface area contributed by atoms with E-state index in [1.165, 1.54) is 12.8 Å². The standard InChI is InChI=1S/C15H25N3O/c1-2-14-10-18(7-8-19-14)13-5-6-15(9-13,11-16)17-12-3-4-12/h12-14,17H,2-10H2,1H3. The average Bonchev–Trinajstić information content (AvgIpc) is 3.16.